The Morgan fingerprint density at radius 1 is 1.16 bits per heavy atom. The van der Waals surface area contributed by atoms with Gasteiger partial charge in [-0.1, -0.05) is 30.3 Å². The van der Waals surface area contributed by atoms with Gasteiger partial charge in [-0.25, -0.2) is 4.98 Å². The minimum atomic E-state index is -0.265. The molecule has 94 valence electrons. The van der Waals surface area contributed by atoms with Gasteiger partial charge >= 0.3 is 0 Å². The number of aromatic amines is 2. The fraction of sp³-hybridized carbons (Fsp3) is 0. The number of nitrogens with zero attached hydrogens (tertiary/aromatic N) is 2. The van der Waals surface area contributed by atoms with E-state index in [0.717, 1.165) is 5.56 Å². The van der Waals surface area contributed by atoms with Crippen LogP contribution in [-0.2, 0) is 0 Å². The van der Waals surface area contributed by atoms with Crippen LogP contribution in [0.25, 0.3) is 11.4 Å². The van der Waals surface area contributed by atoms with Gasteiger partial charge in [-0.05, 0) is 0 Å². The predicted molar refractivity (Wildman–Crippen MR) is 70.6 cm³/mol. The van der Waals surface area contributed by atoms with Gasteiger partial charge in [0.1, 0.15) is 17.3 Å². The Kier molecular flexibility index (Phi) is 2.82. The lowest BCUT2D eigenvalue weighted by Gasteiger charge is -1.99. The van der Waals surface area contributed by atoms with Gasteiger partial charge in [0.15, 0.2) is 0 Å². The number of anilines is 1. The predicted octanol–water partition coefficient (Wildman–Crippen LogP) is 2.05. The van der Waals surface area contributed by atoms with E-state index in [2.05, 4.69) is 25.5 Å². The Labute approximate surface area is 108 Å². The lowest BCUT2D eigenvalue weighted by atomic mass is 10.2. The fourth-order valence-corrected chi connectivity index (χ4v) is 1.69. The molecule has 0 aliphatic rings. The molecule has 0 radical (unpaired) electrons. The molecule has 6 heteroatoms. The van der Waals surface area contributed by atoms with Crippen molar-refractivity contribution in [3.8, 4) is 11.4 Å². The highest BCUT2D eigenvalue weighted by Crippen LogP contribution is 2.15. The van der Waals surface area contributed by atoms with Crippen LogP contribution in [0.1, 0.15) is 10.5 Å². The van der Waals surface area contributed by atoms with E-state index < -0.39 is 0 Å². The molecule has 2 aromatic heterocycles. The second-order valence-corrected chi connectivity index (χ2v) is 3.94. The Bertz CT molecular complexity index is 672. The fourth-order valence-electron chi connectivity index (χ4n) is 1.69. The van der Waals surface area contributed by atoms with Gasteiger partial charge in [-0.15, -0.1) is 0 Å². The molecule has 3 N–H and O–H groups in total. The van der Waals surface area contributed by atoms with E-state index in [-0.39, 0.29) is 5.91 Å². The van der Waals surface area contributed by atoms with Crippen LogP contribution in [0.4, 0.5) is 5.82 Å². The van der Waals surface area contributed by atoms with Crippen LogP contribution >= 0.6 is 0 Å². The van der Waals surface area contributed by atoms with E-state index in [0.29, 0.717) is 17.3 Å². The molecule has 0 saturated carbocycles. The van der Waals surface area contributed by atoms with Crippen molar-refractivity contribution in [1.82, 2.24) is 20.2 Å². The number of hydrogen-bond donors (Lipinski definition) is 3. The Balaban J connectivity index is 1.80. The zero-order chi connectivity index (χ0) is 13.1. The van der Waals surface area contributed by atoms with Gasteiger partial charge < -0.3 is 10.3 Å². The Morgan fingerprint density at radius 2 is 2.00 bits per heavy atom. The number of nitrogens with one attached hydrogen (secondary N) is 3. The summed E-state index contributed by atoms with van der Waals surface area (Å²) >= 11 is 0. The number of H-pyrrole nitrogens is 2. The molecular formula is C13H11N5O. The average molecular weight is 253 g/mol. The smallest absolute Gasteiger partial charge is 0.274 e. The SMILES string of the molecule is O=C(Nc1ccn[nH]1)c1cnc(-c2ccccc2)[nH]1. The van der Waals surface area contributed by atoms with E-state index >= 15 is 0 Å². The lowest BCUT2D eigenvalue weighted by molar-refractivity contribution is 0.102. The third kappa shape index (κ3) is 2.37. The summed E-state index contributed by atoms with van der Waals surface area (Å²) in [4.78, 5) is 19.1. The van der Waals surface area contributed by atoms with E-state index in [4.69, 9.17) is 0 Å². The van der Waals surface area contributed by atoms with E-state index in [9.17, 15) is 4.79 Å². The quantitative estimate of drug-likeness (QED) is 0.667. The summed E-state index contributed by atoms with van der Waals surface area (Å²) < 4.78 is 0. The first-order valence-electron chi connectivity index (χ1n) is 5.74. The number of carbonyl (C=O) groups is 1. The molecule has 0 bridgehead atoms. The van der Waals surface area contributed by atoms with E-state index in [1.165, 1.54) is 6.20 Å². The number of aromatic nitrogens is 4. The Morgan fingerprint density at radius 3 is 2.74 bits per heavy atom. The van der Waals surface area contributed by atoms with Crippen LogP contribution in [0.5, 0.6) is 0 Å². The summed E-state index contributed by atoms with van der Waals surface area (Å²) in [6.45, 7) is 0. The van der Waals surface area contributed by atoms with Crippen LogP contribution in [0.3, 0.4) is 0 Å². The molecule has 1 aromatic carbocycles. The summed E-state index contributed by atoms with van der Waals surface area (Å²) in [6, 6.07) is 11.3. The number of hydrogen-bond acceptors (Lipinski definition) is 3. The van der Waals surface area contributed by atoms with Crippen LogP contribution in [0.2, 0.25) is 0 Å². The number of rotatable bonds is 3. The average Bonchev–Trinajstić information content (AvgIpc) is 3.10. The van der Waals surface area contributed by atoms with Gasteiger partial charge in [-0.2, -0.15) is 5.10 Å². The van der Waals surface area contributed by atoms with Gasteiger partial charge in [0, 0.05) is 11.6 Å². The van der Waals surface area contributed by atoms with Crippen LogP contribution in [0.15, 0.2) is 48.8 Å². The maximum Gasteiger partial charge on any atom is 0.274 e. The second kappa shape index (κ2) is 4.77. The van der Waals surface area contributed by atoms with Crippen LogP contribution in [-0.4, -0.2) is 26.1 Å². The number of amides is 1. The molecule has 1 amide bonds. The Hall–Kier alpha value is -2.89. The molecule has 0 atom stereocenters. The normalized spacial score (nSPS) is 10.3. The summed E-state index contributed by atoms with van der Waals surface area (Å²) in [6.07, 6.45) is 3.08. The molecule has 2 heterocycles. The van der Waals surface area contributed by atoms with Crippen LogP contribution < -0.4 is 5.32 Å². The molecule has 0 aliphatic carbocycles. The molecule has 3 rings (SSSR count). The summed E-state index contributed by atoms with van der Waals surface area (Å²) in [5, 5.41) is 9.09. The minimum absolute atomic E-state index is 0.265. The molecule has 0 fully saturated rings. The highest BCUT2D eigenvalue weighted by atomic mass is 16.2. The third-order valence-electron chi connectivity index (χ3n) is 2.62. The molecular weight excluding hydrogens is 242 g/mol. The van der Waals surface area contributed by atoms with Gasteiger partial charge in [-0.3, -0.25) is 9.89 Å². The van der Waals surface area contributed by atoms with Crippen molar-refractivity contribution >= 4 is 11.7 Å². The molecule has 0 unspecified atom stereocenters. The highest BCUT2D eigenvalue weighted by molar-refractivity contribution is 6.02. The van der Waals surface area contributed by atoms with Gasteiger partial charge in [0.25, 0.3) is 5.91 Å². The molecule has 0 aliphatic heterocycles. The summed E-state index contributed by atoms with van der Waals surface area (Å²) in [5.74, 6) is 0.940. The summed E-state index contributed by atoms with van der Waals surface area (Å²) in [7, 11) is 0. The van der Waals surface area contributed by atoms with Crippen molar-refractivity contribution in [3.05, 3.63) is 54.5 Å². The zero-order valence-corrected chi connectivity index (χ0v) is 9.92. The monoisotopic (exact) mass is 253 g/mol. The highest BCUT2D eigenvalue weighted by Gasteiger charge is 2.11. The maximum absolute atomic E-state index is 11.9. The van der Waals surface area contributed by atoms with Gasteiger partial charge in [0.05, 0.1) is 12.4 Å². The van der Waals surface area contributed by atoms with Crippen molar-refractivity contribution in [1.29, 1.82) is 0 Å². The summed E-state index contributed by atoms with van der Waals surface area (Å²) in [5.41, 5.74) is 1.33. The first kappa shape index (κ1) is 11.2. The van der Waals surface area contributed by atoms with E-state index in [1.54, 1.807) is 12.3 Å². The molecule has 0 saturated heterocycles. The van der Waals surface area contributed by atoms with Crippen molar-refractivity contribution in [2.45, 2.75) is 0 Å². The van der Waals surface area contributed by atoms with Crippen molar-refractivity contribution in [2.24, 2.45) is 0 Å². The molecule has 6 nitrogen and oxygen atoms in total. The third-order valence-corrected chi connectivity index (χ3v) is 2.62. The van der Waals surface area contributed by atoms with Crippen molar-refractivity contribution in [2.75, 3.05) is 5.32 Å². The molecule has 19 heavy (non-hydrogen) atoms. The van der Waals surface area contributed by atoms with Crippen molar-refractivity contribution < 1.29 is 4.79 Å². The zero-order valence-electron chi connectivity index (χ0n) is 9.92. The van der Waals surface area contributed by atoms with E-state index in [1.807, 2.05) is 30.3 Å². The lowest BCUT2D eigenvalue weighted by Crippen LogP contribution is -2.12. The van der Waals surface area contributed by atoms with Gasteiger partial charge in [0.2, 0.25) is 0 Å². The minimum Gasteiger partial charge on any atom is -0.334 e. The topological polar surface area (TPSA) is 86.5 Å². The first-order chi connectivity index (χ1) is 9.33. The second-order valence-electron chi connectivity index (χ2n) is 3.94. The largest absolute Gasteiger partial charge is 0.334 e. The standard InChI is InChI=1S/C13H11N5O/c19-13(17-11-6-7-15-18-11)10-8-14-12(16-10)9-4-2-1-3-5-9/h1-8H,(H,14,16)(H2,15,17,18,19). The first-order valence-corrected chi connectivity index (χ1v) is 5.74. The van der Waals surface area contributed by atoms with Crippen molar-refractivity contribution in [3.63, 3.8) is 0 Å². The number of carbonyl (C=O) groups excluding carboxylic acids is 1. The number of imidazole rings is 1. The molecule has 3 aromatic rings. The molecule has 0 spiro atoms. The number of benzene rings is 1. The maximum atomic E-state index is 11.9. The van der Waals surface area contributed by atoms with Crippen LogP contribution in [0, 0.1) is 0 Å².